The van der Waals surface area contributed by atoms with Gasteiger partial charge in [0.1, 0.15) is 5.82 Å². The maximum Gasteiger partial charge on any atom is 0.303 e. The number of unbranched alkanes of at least 4 members (excludes halogenated alkanes) is 1. The van der Waals surface area contributed by atoms with Crippen LogP contribution in [0.2, 0.25) is 0 Å². The second-order valence-corrected chi connectivity index (χ2v) is 4.75. The highest BCUT2D eigenvalue weighted by Gasteiger charge is 2.11. The highest BCUT2D eigenvalue weighted by Crippen LogP contribution is 2.10. The quantitative estimate of drug-likeness (QED) is 0.876. The second-order valence-electron chi connectivity index (χ2n) is 4.75. The first-order valence-electron chi connectivity index (χ1n) is 6.83. The summed E-state index contributed by atoms with van der Waals surface area (Å²) in [6.45, 7) is 2.64. The van der Waals surface area contributed by atoms with Gasteiger partial charge < -0.3 is 5.11 Å². The lowest BCUT2D eigenvalue weighted by Crippen LogP contribution is -2.26. The van der Waals surface area contributed by atoms with E-state index in [0.29, 0.717) is 23.3 Å². The zero-order valence-corrected chi connectivity index (χ0v) is 11.5. The Morgan fingerprint density at radius 3 is 2.80 bits per heavy atom. The summed E-state index contributed by atoms with van der Waals surface area (Å²) in [5, 5.41) is 9.39. The fourth-order valence-electron chi connectivity index (χ4n) is 2.17. The summed E-state index contributed by atoms with van der Waals surface area (Å²) in [6.07, 6.45) is 2.10. The summed E-state index contributed by atoms with van der Waals surface area (Å²) in [5.74, 6) is -0.320. The number of nitrogens with zero attached hydrogens (tertiary/aromatic N) is 2. The number of aliphatic carboxylic acids is 1. The van der Waals surface area contributed by atoms with Crippen molar-refractivity contribution in [2.45, 2.75) is 39.2 Å². The minimum atomic E-state index is -0.880. The molecule has 5 heteroatoms. The Morgan fingerprint density at radius 2 is 2.10 bits per heavy atom. The molecule has 1 aromatic carbocycles. The van der Waals surface area contributed by atoms with Crippen molar-refractivity contribution in [1.29, 1.82) is 0 Å². The third kappa shape index (κ3) is 3.04. The first-order chi connectivity index (χ1) is 9.63. The summed E-state index contributed by atoms with van der Waals surface area (Å²) in [7, 11) is 0. The molecule has 0 saturated heterocycles. The minimum absolute atomic E-state index is 0.0170. The monoisotopic (exact) mass is 274 g/mol. The topological polar surface area (TPSA) is 72.2 Å². The van der Waals surface area contributed by atoms with Crippen LogP contribution in [-0.4, -0.2) is 20.6 Å². The predicted molar refractivity (Wildman–Crippen MR) is 76.9 cm³/mol. The summed E-state index contributed by atoms with van der Waals surface area (Å²) in [5.41, 5.74) is 0.551. The van der Waals surface area contributed by atoms with E-state index in [1.807, 2.05) is 12.1 Å². The van der Waals surface area contributed by atoms with E-state index in [9.17, 15) is 9.59 Å². The van der Waals surface area contributed by atoms with E-state index in [1.54, 1.807) is 16.7 Å². The molecule has 0 saturated carbocycles. The molecule has 0 atom stereocenters. The first kappa shape index (κ1) is 14.2. The van der Waals surface area contributed by atoms with E-state index in [-0.39, 0.29) is 18.4 Å². The van der Waals surface area contributed by atoms with Gasteiger partial charge in [-0.2, -0.15) is 0 Å². The van der Waals surface area contributed by atoms with E-state index in [2.05, 4.69) is 11.9 Å². The average Bonchev–Trinajstić information content (AvgIpc) is 2.44. The molecular weight excluding hydrogens is 256 g/mol. The number of carboxylic acid groups (broad SMARTS) is 1. The maximum absolute atomic E-state index is 12.5. The molecule has 20 heavy (non-hydrogen) atoms. The third-order valence-electron chi connectivity index (χ3n) is 3.24. The Hall–Kier alpha value is -2.17. The van der Waals surface area contributed by atoms with E-state index in [0.717, 1.165) is 12.8 Å². The van der Waals surface area contributed by atoms with Crippen LogP contribution in [0, 0.1) is 0 Å². The van der Waals surface area contributed by atoms with Gasteiger partial charge in [0.2, 0.25) is 0 Å². The minimum Gasteiger partial charge on any atom is -0.481 e. The van der Waals surface area contributed by atoms with E-state index in [4.69, 9.17) is 5.11 Å². The summed E-state index contributed by atoms with van der Waals surface area (Å²) in [4.78, 5) is 27.7. The number of hydrogen-bond acceptors (Lipinski definition) is 3. The number of para-hydroxylation sites is 1. The van der Waals surface area contributed by atoms with Crippen LogP contribution in [0.15, 0.2) is 29.1 Å². The Labute approximate surface area is 116 Å². The molecule has 1 N–H and O–H groups in total. The van der Waals surface area contributed by atoms with Crippen LogP contribution in [0.1, 0.15) is 32.0 Å². The molecule has 0 aliphatic heterocycles. The molecule has 0 spiro atoms. The fraction of sp³-hybridized carbons (Fsp3) is 0.400. The van der Waals surface area contributed by atoms with Crippen molar-refractivity contribution in [2.24, 2.45) is 0 Å². The number of carbonyl (C=O) groups is 1. The van der Waals surface area contributed by atoms with Gasteiger partial charge in [-0.15, -0.1) is 0 Å². The largest absolute Gasteiger partial charge is 0.481 e. The van der Waals surface area contributed by atoms with E-state index < -0.39 is 5.97 Å². The van der Waals surface area contributed by atoms with Crippen molar-refractivity contribution in [2.75, 3.05) is 0 Å². The normalized spacial score (nSPS) is 10.8. The van der Waals surface area contributed by atoms with Crippen molar-refractivity contribution < 1.29 is 9.90 Å². The van der Waals surface area contributed by atoms with Crippen LogP contribution < -0.4 is 5.56 Å². The lowest BCUT2D eigenvalue weighted by Gasteiger charge is -2.12. The zero-order chi connectivity index (χ0) is 14.5. The number of aromatic nitrogens is 2. The van der Waals surface area contributed by atoms with Crippen LogP contribution in [0.4, 0.5) is 0 Å². The standard InChI is InChI=1S/C15H18N2O3/c1-2-3-10-17-13(8-9-14(18)19)16-12-7-5-4-6-11(12)15(17)20/h4-7H,2-3,8-10H2,1H3,(H,18,19). The Morgan fingerprint density at radius 1 is 1.35 bits per heavy atom. The predicted octanol–water partition coefficient (Wildman–Crippen LogP) is 2.21. The van der Waals surface area contributed by atoms with Crippen LogP contribution >= 0.6 is 0 Å². The van der Waals surface area contributed by atoms with Crippen molar-refractivity contribution in [3.05, 3.63) is 40.4 Å². The Kier molecular flexibility index (Phi) is 4.50. The smallest absolute Gasteiger partial charge is 0.303 e. The van der Waals surface area contributed by atoms with E-state index >= 15 is 0 Å². The van der Waals surface area contributed by atoms with Crippen molar-refractivity contribution in [1.82, 2.24) is 9.55 Å². The first-order valence-corrected chi connectivity index (χ1v) is 6.83. The van der Waals surface area contributed by atoms with Gasteiger partial charge in [0.25, 0.3) is 5.56 Å². The van der Waals surface area contributed by atoms with Crippen LogP contribution in [0.3, 0.4) is 0 Å². The number of hydrogen-bond donors (Lipinski definition) is 1. The highest BCUT2D eigenvalue weighted by atomic mass is 16.4. The average molecular weight is 274 g/mol. The van der Waals surface area contributed by atoms with Crippen molar-refractivity contribution in [3.63, 3.8) is 0 Å². The molecule has 1 heterocycles. The van der Waals surface area contributed by atoms with Gasteiger partial charge in [-0.05, 0) is 18.6 Å². The van der Waals surface area contributed by atoms with Crippen LogP contribution in [0.25, 0.3) is 10.9 Å². The van der Waals surface area contributed by atoms with Gasteiger partial charge in [-0.3, -0.25) is 14.2 Å². The number of carboxylic acids is 1. The number of fused-ring (bicyclic) bond motifs is 1. The number of rotatable bonds is 6. The summed E-state index contributed by atoms with van der Waals surface area (Å²) in [6, 6.07) is 7.18. The van der Waals surface area contributed by atoms with Gasteiger partial charge in [0.15, 0.2) is 0 Å². The highest BCUT2D eigenvalue weighted by molar-refractivity contribution is 5.77. The maximum atomic E-state index is 12.5. The summed E-state index contributed by atoms with van der Waals surface area (Å²) < 4.78 is 1.62. The van der Waals surface area contributed by atoms with Gasteiger partial charge in [0, 0.05) is 13.0 Å². The lowest BCUT2D eigenvalue weighted by molar-refractivity contribution is -0.137. The van der Waals surface area contributed by atoms with Crippen LogP contribution in [-0.2, 0) is 17.8 Å². The molecule has 0 amide bonds. The molecule has 0 fully saturated rings. The molecule has 2 rings (SSSR count). The van der Waals surface area contributed by atoms with Gasteiger partial charge in [0.05, 0.1) is 17.3 Å². The lowest BCUT2D eigenvalue weighted by atomic mass is 10.2. The number of benzene rings is 1. The zero-order valence-electron chi connectivity index (χ0n) is 11.5. The third-order valence-corrected chi connectivity index (χ3v) is 3.24. The Balaban J connectivity index is 2.51. The molecule has 0 unspecified atom stereocenters. The molecule has 1 aromatic heterocycles. The van der Waals surface area contributed by atoms with E-state index in [1.165, 1.54) is 0 Å². The van der Waals surface area contributed by atoms with Crippen molar-refractivity contribution >= 4 is 16.9 Å². The number of aryl methyl sites for hydroxylation is 1. The van der Waals surface area contributed by atoms with Gasteiger partial charge in [-0.25, -0.2) is 4.98 Å². The molecule has 0 aliphatic rings. The van der Waals surface area contributed by atoms with Crippen LogP contribution in [0.5, 0.6) is 0 Å². The van der Waals surface area contributed by atoms with Gasteiger partial charge in [-0.1, -0.05) is 25.5 Å². The fourth-order valence-corrected chi connectivity index (χ4v) is 2.17. The Bertz CT molecular complexity index is 676. The van der Waals surface area contributed by atoms with Gasteiger partial charge >= 0.3 is 5.97 Å². The summed E-state index contributed by atoms with van der Waals surface area (Å²) >= 11 is 0. The molecular formula is C15H18N2O3. The molecule has 2 aromatic rings. The SMILES string of the molecule is CCCCn1c(CCC(=O)O)nc2ccccc2c1=O. The molecule has 0 aliphatic carbocycles. The van der Waals surface area contributed by atoms with Crippen molar-refractivity contribution in [3.8, 4) is 0 Å². The molecule has 0 radical (unpaired) electrons. The molecule has 0 bridgehead atoms. The second kappa shape index (κ2) is 6.32. The molecule has 5 nitrogen and oxygen atoms in total. The molecule has 106 valence electrons.